The lowest BCUT2D eigenvalue weighted by molar-refractivity contribution is -0.149. The van der Waals surface area contributed by atoms with Gasteiger partial charge in [0.2, 0.25) is 5.95 Å². The standard InChI is InChI=1S/C29H27Cl2FN4O3/c1-35-23-7-3-6-22(32)27(23)33-29(35)36-16-10-11-17(36)13-18(12-16)38-24(37)14-19-26(34-39-28(19)15-8-9-15)25-20(30)4-2-5-21(25)31/h2-7,15-18H,8-14H2,1H3/t16-,17+,18?. The average Bonchev–Trinajstić information content (AvgIpc) is 3.51. The molecule has 7 nitrogen and oxygen atoms in total. The predicted molar refractivity (Wildman–Crippen MR) is 147 cm³/mol. The van der Waals surface area contributed by atoms with Crippen LogP contribution >= 0.6 is 23.2 Å². The van der Waals surface area contributed by atoms with Crippen molar-refractivity contribution < 1.29 is 18.4 Å². The number of ether oxygens (including phenoxy) is 1. The van der Waals surface area contributed by atoms with Crippen LogP contribution in [0.3, 0.4) is 0 Å². The molecule has 0 spiro atoms. The van der Waals surface area contributed by atoms with E-state index in [4.69, 9.17) is 32.5 Å². The van der Waals surface area contributed by atoms with Gasteiger partial charge in [-0.1, -0.05) is 40.5 Å². The molecule has 0 radical (unpaired) electrons. The SMILES string of the molecule is Cn1c(N2[C@@H]3CC[C@H]2CC(OC(=O)Cc2c(-c4c(Cl)cccc4Cl)noc2C2CC2)C3)nc2c(F)cccc21. The van der Waals surface area contributed by atoms with Gasteiger partial charge in [-0.05, 0) is 49.9 Å². The smallest absolute Gasteiger partial charge is 0.310 e. The molecule has 1 saturated carbocycles. The number of halogens is 3. The van der Waals surface area contributed by atoms with Crippen LogP contribution in [-0.2, 0) is 23.0 Å². The topological polar surface area (TPSA) is 73.4 Å². The second-order valence-electron chi connectivity index (χ2n) is 10.9. The van der Waals surface area contributed by atoms with E-state index < -0.39 is 0 Å². The Kier molecular flexibility index (Phi) is 6.08. The van der Waals surface area contributed by atoms with Crippen molar-refractivity contribution in [2.24, 2.45) is 7.05 Å². The number of nitrogens with zero attached hydrogens (tertiary/aromatic N) is 4. The van der Waals surface area contributed by atoms with Gasteiger partial charge >= 0.3 is 5.97 Å². The van der Waals surface area contributed by atoms with Crippen LogP contribution in [0.1, 0.15) is 55.8 Å². The average molecular weight is 569 g/mol. The third-order valence-electron chi connectivity index (χ3n) is 8.34. The van der Waals surface area contributed by atoms with Crippen molar-refractivity contribution in [3.8, 4) is 11.3 Å². The number of aromatic nitrogens is 3. The highest BCUT2D eigenvalue weighted by atomic mass is 35.5. The maximum atomic E-state index is 14.4. The van der Waals surface area contributed by atoms with Crippen molar-refractivity contribution in [1.29, 1.82) is 0 Å². The van der Waals surface area contributed by atoms with Crippen LogP contribution in [0.25, 0.3) is 22.3 Å². The summed E-state index contributed by atoms with van der Waals surface area (Å²) in [6, 6.07) is 10.7. The van der Waals surface area contributed by atoms with Crippen molar-refractivity contribution >= 4 is 46.2 Å². The fourth-order valence-corrected chi connectivity index (χ4v) is 6.98. The molecule has 1 aliphatic carbocycles. The zero-order chi connectivity index (χ0) is 26.8. The molecule has 1 unspecified atom stereocenters. The van der Waals surface area contributed by atoms with Crippen LogP contribution in [0, 0.1) is 5.82 Å². The van der Waals surface area contributed by atoms with Gasteiger partial charge in [-0.3, -0.25) is 4.79 Å². The number of hydrogen-bond acceptors (Lipinski definition) is 6. The summed E-state index contributed by atoms with van der Waals surface area (Å²) in [6.07, 6.45) is 5.22. The quantitative estimate of drug-likeness (QED) is 0.237. The van der Waals surface area contributed by atoms with Crippen molar-refractivity contribution in [1.82, 2.24) is 14.7 Å². The molecule has 4 aromatic rings. The van der Waals surface area contributed by atoms with Gasteiger partial charge in [-0.25, -0.2) is 9.37 Å². The van der Waals surface area contributed by atoms with E-state index in [1.807, 2.05) is 17.7 Å². The molecule has 2 aromatic carbocycles. The van der Waals surface area contributed by atoms with Crippen LogP contribution in [0.4, 0.5) is 10.3 Å². The Morgan fingerprint density at radius 3 is 2.44 bits per heavy atom. The predicted octanol–water partition coefficient (Wildman–Crippen LogP) is 6.84. The lowest BCUT2D eigenvalue weighted by Gasteiger charge is -2.39. The van der Waals surface area contributed by atoms with Gasteiger partial charge in [0, 0.05) is 49.0 Å². The molecule has 3 fully saturated rings. The van der Waals surface area contributed by atoms with Gasteiger partial charge in [-0.2, -0.15) is 0 Å². The number of benzene rings is 2. The Labute approximate surface area is 234 Å². The van der Waals surface area contributed by atoms with Crippen molar-refractivity contribution in [2.45, 2.75) is 69.1 Å². The fraction of sp³-hybridized carbons (Fsp3) is 0.414. The third kappa shape index (κ3) is 4.28. The first-order valence-corrected chi connectivity index (χ1v) is 14.2. The highest BCUT2D eigenvalue weighted by Gasteiger charge is 2.44. The summed E-state index contributed by atoms with van der Waals surface area (Å²) >= 11 is 12.9. The molecule has 0 N–H and O–H groups in total. The Morgan fingerprint density at radius 2 is 1.77 bits per heavy atom. The molecule has 3 atom stereocenters. The fourth-order valence-electron chi connectivity index (χ4n) is 6.40. The van der Waals surface area contributed by atoms with E-state index >= 15 is 0 Å². The highest BCUT2D eigenvalue weighted by Crippen LogP contribution is 2.46. The lowest BCUT2D eigenvalue weighted by atomic mass is 9.99. The monoisotopic (exact) mass is 568 g/mol. The molecule has 39 heavy (non-hydrogen) atoms. The number of anilines is 1. The van der Waals surface area contributed by atoms with Gasteiger partial charge in [0.05, 0.1) is 22.0 Å². The summed E-state index contributed by atoms with van der Waals surface area (Å²) in [6.45, 7) is 0. The molecule has 202 valence electrons. The number of esters is 1. The maximum absolute atomic E-state index is 14.4. The summed E-state index contributed by atoms with van der Waals surface area (Å²) in [4.78, 5) is 20.3. The minimum atomic E-state index is -0.317. The molecule has 7 rings (SSSR count). The maximum Gasteiger partial charge on any atom is 0.310 e. The van der Waals surface area contributed by atoms with Crippen molar-refractivity contribution in [3.63, 3.8) is 0 Å². The summed E-state index contributed by atoms with van der Waals surface area (Å²) in [5.74, 6) is 1.12. The number of rotatable bonds is 6. The summed E-state index contributed by atoms with van der Waals surface area (Å²) < 4.78 is 28.1. The van der Waals surface area contributed by atoms with Crippen molar-refractivity contribution in [2.75, 3.05) is 4.90 Å². The number of aryl methyl sites for hydroxylation is 1. The van der Waals surface area contributed by atoms with Crippen LogP contribution in [0.2, 0.25) is 10.0 Å². The highest BCUT2D eigenvalue weighted by molar-refractivity contribution is 6.39. The normalized spacial score (nSPS) is 22.6. The van der Waals surface area contributed by atoms with Gasteiger partial charge in [0.15, 0.2) is 5.82 Å². The van der Waals surface area contributed by atoms with Crippen LogP contribution < -0.4 is 4.90 Å². The summed E-state index contributed by atoms with van der Waals surface area (Å²) in [7, 11) is 1.93. The number of imidazole rings is 1. The van der Waals surface area contributed by atoms with E-state index in [0.717, 1.165) is 42.9 Å². The van der Waals surface area contributed by atoms with E-state index in [1.54, 1.807) is 24.3 Å². The molecule has 2 saturated heterocycles. The molecule has 10 heteroatoms. The third-order valence-corrected chi connectivity index (χ3v) is 8.97. The second-order valence-corrected chi connectivity index (χ2v) is 11.7. The Morgan fingerprint density at radius 1 is 1.08 bits per heavy atom. The molecule has 2 bridgehead atoms. The molecule has 0 amide bonds. The van der Waals surface area contributed by atoms with E-state index in [-0.39, 0.29) is 42.3 Å². The van der Waals surface area contributed by atoms with Crippen LogP contribution in [0.5, 0.6) is 0 Å². The lowest BCUT2D eigenvalue weighted by Crippen LogP contribution is -2.47. The molecule has 3 aliphatic rings. The largest absolute Gasteiger partial charge is 0.462 e. The Bertz CT molecular complexity index is 1560. The first-order chi connectivity index (χ1) is 18.9. The second kappa shape index (κ2) is 9.52. The zero-order valence-corrected chi connectivity index (χ0v) is 22.9. The number of piperidine rings is 1. The van der Waals surface area contributed by atoms with Crippen LogP contribution in [0.15, 0.2) is 40.9 Å². The van der Waals surface area contributed by atoms with Gasteiger partial charge in [0.25, 0.3) is 0 Å². The Hall–Kier alpha value is -3.10. The molecule has 2 aromatic heterocycles. The summed E-state index contributed by atoms with van der Waals surface area (Å²) in [5.41, 5.74) is 2.95. The number of para-hydroxylation sites is 1. The minimum absolute atomic E-state index is 0.0474. The van der Waals surface area contributed by atoms with E-state index in [1.165, 1.54) is 6.07 Å². The number of carbonyl (C=O) groups excluding carboxylic acids is 1. The molecule has 4 heterocycles. The van der Waals surface area contributed by atoms with Gasteiger partial charge in [0.1, 0.15) is 23.1 Å². The molecule has 2 aliphatic heterocycles. The van der Waals surface area contributed by atoms with E-state index in [2.05, 4.69) is 15.0 Å². The number of fused-ring (bicyclic) bond motifs is 3. The van der Waals surface area contributed by atoms with Crippen LogP contribution in [-0.4, -0.2) is 38.9 Å². The zero-order valence-electron chi connectivity index (χ0n) is 21.4. The van der Waals surface area contributed by atoms with Gasteiger partial charge in [-0.15, -0.1) is 0 Å². The first kappa shape index (κ1) is 24.9. The van der Waals surface area contributed by atoms with Gasteiger partial charge < -0.3 is 18.7 Å². The molecular weight excluding hydrogens is 542 g/mol. The molecular formula is C29H27Cl2FN4O3. The number of carbonyl (C=O) groups is 1. The Balaban J connectivity index is 1.10. The number of hydrogen-bond donors (Lipinski definition) is 0. The van der Waals surface area contributed by atoms with Crippen molar-refractivity contribution in [3.05, 3.63) is 63.6 Å². The summed E-state index contributed by atoms with van der Waals surface area (Å²) in [5, 5.41) is 5.20. The first-order valence-electron chi connectivity index (χ1n) is 13.4. The minimum Gasteiger partial charge on any atom is -0.462 e. The van der Waals surface area contributed by atoms with E-state index in [0.29, 0.717) is 45.2 Å². The van der Waals surface area contributed by atoms with E-state index in [9.17, 15) is 9.18 Å².